The largest absolute Gasteiger partial charge is 0.339 e. The van der Waals surface area contributed by atoms with Gasteiger partial charge in [0, 0.05) is 42.2 Å². The molecule has 2 N–H and O–H groups in total. The van der Waals surface area contributed by atoms with Crippen molar-refractivity contribution in [2.24, 2.45) is 7.05 Å². The van der Waals surface area contributed by atoms with Gasteiger partial charge in [-0.15, -0.1) is 0 Å². The maximum atomic E-state index is 12.5. The highest BCUT2D eigenvalue weighted by atomic mass is 16.2. The second-order valence-corrected chi connectivity index (χ2v) is 6.95. The van der Waals surface area contributed by atoms with Gasteiger partial charge in [-0.05, 0) is 29.8 Å². The maximum absolute atomic E-state index is 12.5. The number of H-pyrrole nitrogens is 1. The lowest BCUT2D eigenvalue weighted by Crippen LogP contribution is -2.14. The van der Waals surface area contributed by atoms with Crippen LogP contribution in [-0.2, 0) is 7.05 Å². The van der Waals surface area contributed by atoms with E-state index in [1.54, 1.807) is 36.3 Å². The Kier molecular flexibility index (Phi) is 4.33. The molecule has 0 atom stereocenters. The third-order valence-electron chi connectivity index (χ3n) is 4.79. The molecule has 0 unspecified atom stereocenters. The van der Waals surface area contributed by atoms with Crippen LogP contribution in [0.25, 0.3) is 33.5 Å². The first-order valence-electron chi connectivity index (χ1n) is 9.48. The smallest absolute Gasteiger partial charge is 0.275 e. The number of amides is 1. The second kappa shape index (κ2) is 7.29. The fourth-order valence-electron chi connectivity index (χ4n) is 3.31. The fraction of sp³-hybridized carbons (Fsp3) is 0.0435. The number of nitrogens with zero attached hydrogens (tertiary/aromatic N) is 4. The average molecular weight is 394 g/mol. The first-order chi connectivity index (χ1) is 14.7. The lowest BCUT2D eigenvalue weighted by Gasteiger charge is -2.05. The first-order valence-corrected chi connectivity index (χ1v) is 9.48. The van der Waals surface area contributed by atoms with Gasteiger partial charge in [-0.3, -0.25) is 9.48 Å². The van der Waals surface area contributed by atoms with Gasteiger partial charge in [0.25, 0.3) is 5.91 Å². The Morgan fingerprint density at radius 1 is 1.00 bits per heavy atom. The highest BCUT2D eigenvalue weighted by molar-refractivity contribution is 6.02. The number of fused-ring (bicyclic) bond motifs is 1. The molecule has 5 aromatic rings. The molecule has 4 heterocycles. The van der Waals surface area contributed by atoms with Crippen LogP contribution >= 0.6 is 0 Å². The van der Waals surface area contributed by atoms with E-state index in [9.17, 15) is 4.79 Å². The third-order valence-corrected chi connectivity index (χ3v) is 4.79. The standard InChI is InChI=1S/C23H18N6O/c1-29-11-10-21(28-29)27-23(30)19-9-5-8-18(25-19)17-12-16-13-20(26-22(16)24-14-17)15-6-3-2-4-7-15/h2-14H,1H3,(H,24,26)(H,27,28,30). The van der Waals surface area contributed by atoms with Crippen LogP contribution in [0.5, 0.6) is 0 Å². The minimum atomic E-state index is -0.308. The fourth-order valence-corrected chi connectivity index (χ4v) is 3.31. The molecule has 1 aromatic carbocycles. The van der Waals surface area contributed by atoms with Gasteiger partial charge in [0.15, 0.2) is 5.82 Å². The van der Waals surface area contributed by atoms with Crippen molar-refractivity contribution in [3.05, 3.63) is 84.8 Å². The number of aromatic nitrogens is 5. The van der Waals surface area contributed by atoms with Gasteiger partial charge in [0.05, 0.1) is 5.69 Å². The predicted octanol–water partition coefficient (Wildman–Crippen LogP) is 4.28. The molecule has 146 valence electrons. The summed E-state index contributed by atoms with van der Waals surface area (Å²) in [6.45, 7) is 0. The van der Waals surface area contributed by atoms with Crippen LogP contribution in [0, 0.1) is 0 Å². The van der Waals surface area contributed by atoms with E-state index < -0.39 is 0 Å². The molecular weight excluding hydrogens is 376 g/mol. The van der Waals surface area contributed by atoms with E-state index in [0.717, 1.165) is 27.9 Å². The molecular formula is C23H18N6O. The zero-order chi connectivity index (χ0) is 20.5. The molecule has 0 radical (unpaired) electrons. The van der Waals surface area contributed by atoms with E-state index in [0.29, 0.717) is 17.2 Å². The van der Waals surface area contributed by atoms with Crippen molar-refractivity contribution in [1.29, 1.82) is 0 Å². The van der Waals surface area contributed by atoms with Gasteiger partial charge in [-0.1, -0.05) is 36.4 Å². The molecule has 0 bridgehead atoms. The van der Waals surface area contributed by atoms with Crippen LogP contribution in [0.3, 0.4) is 0 Å². The summed E-state index contributed by atoms with van der Waals surface area (Å²) < 4.78 is 1.63. The summed E-state index contributed by atoms with van der Waals surface area (Å²) in [4.78, 5) is 24.9. The predicted molar refractivity (Wildman–Crippen MR) is 116 cm³/mol. The number of carbonyl (C=O) groups excluding carboxylic acids is 1. The number of hydrogen-bond donors (Lipinski definition) is 2. The quantitative estimate of drug-likeness (QED) is 0.476. The second-order valence-electron chi connectivity index (χ2n) is 6.95. The van der Waals surface area contributed by atoms with E-state index in [1.165, 1.54) is 0 Å². The van der Waals surface area contributed by atoms with Crippen LogP contribution in [-0.4, -0.2) is 30.6 Å². The van der Waals surface area contributed by atoms with E-state index >= 15 is 0 Å². The van der Waals surface area contributed by atoms with Crippen molar-refractivity contribution >= 4 is 22.8 Å². The molecule has 0 fully saturated rings. The lowest BCUT2D eigenvalue weighted by atomic mass is 10.1. The molecule has 4 aromatic heterocycles. The topological polar surface area (TPSA) is 88.5 Å². The van der Waals surface area contributed by atoms with Gasteiger partial charge in [0.1, 0.15) is 11.3 Å². The molecule has 0 saturated carbocycles. The zero-order valence-electron chi connectivity index (χ0n) is 16.2. The Hall–Kier alpha value is -4.26. The minimum absolute atomic E-state index is 0.308. The number of carbonyl (C=O) groups is 1. The molecule has 7 heteroatoms. The van der Waals surface area contributed by atoms with E-state index in [-0.39, 0.29) is 5.91 Å². The maximum Gasteiger partial charge on any atom is 0.275 e. The molecule has 0 spiro atoms. The molecule has 7 nitrogen and oxygen atoms in total. The summed E-state index contributed by atoms with van der Waals surface area (Å²) in [6.07, 6.45) is 3.53. The molecule has 0 aliphatic carbocycles. The summed E-state index contributed by atoms with van der Waals surface area (Å²) in [5.74, 6) is 0.177. The average Bonchev–Trinajstić information content (AvgIpc) is 3.39. The number of pyridine rings is 2. The van der Waals surface area contributed by atoms with Crippen molar-refractivity contribution in [2.45, 2.75) is 0 Å². The van der Waals surface area contributed by atoms with Crippen LogP contribution < -0.4 is 5.32 Å². The normalized spacial score (nSPS) is 11.0. The number of anilines is 1. The van der Waals surface area contributed by atoms with Gasteiger partial charge >= 0.3 is 0 Å². The summed E-state index contributed by atoms with van der Waals surface area (Å²) >= 11 is 0. The Morgan fingerprint density at radius 3 is 2.67 bits per heavy atom. The number of nitrogens with one attached hydrogen (secondary N) is 2. The first kappa shape index (κ1) is 17.8. The molecule has 30 heavy (non-hydrogen) atoms. The highest BCUT2D eigenvalue weighted by Gasteiger charge is 2.12. The van der Waals surface area contributed by atoms with Gasteiger partial charge < -0.3 is 10.3 Å². The van der Waals surface area contributed by atoms with E-state index in [1.807, 2.05) is 36.4 Å². The summed E-state index contributed by atoms with van der Waals surface area (Å²) in [5, 5.41) is 7.90. The van der Waals surface area contributed by atoms with Crippen LogP contribution in [0.1, 0.15) is 10.5 Å². The SMILES string of the molecule is Cn1ccc(NC(=O)c2cccc(-c3cnc4[nH]c(-c5ccccc5)cc4c3)n2)n1. The van der Waals surface area contributed by atoms with Crippen molar-refractivity contribution in [3.8, 4) is 22.5 Å². The van der Waals surface area contributed by atoms with E-state index in [4.69, 9.17) is 0 Å². The minimum Gasteiger partial charge on any atom is -0.339 e. The van der Waals surface area contributed by atoms with Crippen molar-refractivity contribution in [2.75, 3.05) is 5.32 Å². The Balaban J connectivity index is 1.45. The summed E-state index contributed by atoms with van der Waals surface area (Å²) in [7, 11) is 1.79. The number of aromatic amines is 1. The monoisotopic (exact) mass is 394 g/mol. The lowest BCUT2D eigenvalue weighted by molar-refractivity contribution is 0.102. The Bertz CT molecular complexity index is 1350. The molecule has 0 aliphatic rings. The number of benzene rings is 1. The molecule has 0 saturated heterocycles. The number of hydrogen-bond acceptors (Lipinski definition) is 4. The third kappa shape index (κ3) is 3.44. The van der Waals surface area contributed by atoms with Crippen molar-refractivity contribution in [1.82, 2.24) is 24.7 Å². The van der Waals surface area contributed by atoms with E-state index in [2.05, 4.69) is 43.6 Å². The summed E-state index contributed by atoms with van der Waals surface area (Å²) in [5.41, 5.74) is 4.75. The van der Waals surface area contributed by atoms with Gasteiger partial charge in [-0.2, -0.15) is 5.10 Å². The Labute approximate surface area is 172 Å². The number of rotatable bonds is 4. The van der Waals surface area contributed by atoms with Crippen molar-refractivity contribution < 1.29 is 4.79 Å². The number of aryl methyl sites for hydroxylation is 1. The van der Waals surface area contributed by atoms with Crippen molar-refractivity contribution in [3.63, 3.8) is 0 Å². The van der Waals surface area contributed by atoms with Crippen LogP contribution in [0.4, 0.5) is 5.82 Å². The van der Waals surface area contributed by atoms with Gasteiger partial charge in [0.2, 0.25) is 0 Å². The molecule has 1 amide bonds. The highest BCUT2D eigenvalue weighted by Crippen LogP contribution is 2.26. The molecule has 5 rings (SSSR count). The molecule has 0 aliphatic heterocycles. The van der Waals surface area contributed by atoms with Crippen LogP contribution in [0.15, 0.2) is 79.1 Å². The van der Waals surface area contributed by atoms with Gasteiger partial charge in [-0.25, -0.2) is 9.97 Å². The Morgan fingerprint density at radius 2 is 1.87 bits per heavy atom. The summed E-state index contributed by atoms with van der Waals surface area (Å²) in [6, 6.07) is 21.3. The van der Waals surface area contributed by atoms with Crippen LogP contribution in [0.2, 0.25) is 0 Å². The zero-order valence-corrected chi connectivity index (χ0v) is 16.2.